The van der Waals surface area contributed by atoms with Crippen molar-refractivity contribution < 1.29 is 4.79 Å². The molecule has 0 aliphatic carbocycles. The van der Waals surface area contributed by atoms with Gasteiger partial charge < -0.3 is 10.2 Å². The summed E-state index contributed by atoms with van der Waals surface area (Å²) >= 11 is 0. The van der Waals surface area contributed by atoms with Gasteiger partial charge in [-0.25, -0.2) is 0 Å². The van der Waals surface area contributed by atoms with Gasteiger partial charge in [0.2, 0.25) is 0 Å². The third-order valence-electron chi connectivity index (χ3n) is 3.73. The highest BCUT2D eigenvalue weighted by Gasteiger charge is 2.06. The Bertz CT molecular complexity index is 727. The molecule has 0 unspecified atom stereocenters. The lowest BCUT2D eigenvalue weighted by Gasteiger charge is -2.13. The van der Waals surface area contributed by atoms with Crippen molar-refractivity contribution in [1.29, 1.82) is 5.26 Å². The molecule has 2 aromatic carbocycles. The van der Waals surface area contributed by atoms with Gasteiger partial charge in [0.15, 0.2) is 5.78 Å². The zero-order valence-corrected chi connectivity index (χ0v) is 13.8. The summed E-state index contributed by atoms with van der Waals surface area (Å²) in [6, 6.07) is 15.7. The standard InChI is InChI=1S/C19H21N3O/c1-14(23)16-6-7-17(13-20)19(12-16)21-11-10-15-4-8-18(9-5-15)22(2)3/h4-9,12,21H,10-11H2,1-3H3. The molecule has 0 aliphatic heterocycles. The van der Waals surface area contributed by atoms with Crippen LogP contribution in [0.5, 0.6) is 0 Å². The number of benzene rings is 2. The van der Waals surface area contributed by atoms with Gasteiger partial charge in [-0.05, 0) is 49.2 Å². The molecule has 0 fully saturated rings. The largest absolute Gasteiger partial charge is 0.384 e. The molecule has 0 spiro atoms. The molecule has 0 amide bonds. The Kier molecular flexibility index (Phi) is 5.37. The summed E-state index contributed by atoms with van der Waals surface area (Å²) in [5.41, 5.74) is 4.27. The van der Waals surface area contributed by atoms with E-state index in [4.69, 9.17) is 5.26 Å². The number of Topliss-reactive ketones (excluding diaryl/α,β-unsaturated/α-hetero) is 1. The van der Waals surface area contributed by atoms with E-state index >= 15 is 0 Å². The normalized spacial score (nSPS) is 10.0. The van der Waals surface area contributed by atoms with E-state index in [-0.39, 0.29) is 5.78 Å². The van der Waals surface area contributed by atoms with E-state index in [0.717, 1.165) is 6.42 Å². The van der Waals surface area contributed by atoms with E-state index in [9.17, 15) is 4.79 Å². The minimum absolute atomic E-state index is 0.00295. The third-order valence-corrected chi connectivity index (χ3v) is 3.73. The zero-order chi connectivity index (χ0) is 16.8. The number of nitriles is 1. The number of nitrogens with one attached hydrogen (secondary N) is 1. The van der Waals surface area contributed by atoms with E-state index in [1.165, 1.54) is 18.2 Å². The van der Waals surface area contributed by atoms with Crippen molar-refractivity contribution >= 4 is 17.2 Å². The average molecular weight is 307 g/mol. The Labute approximate surface area is 137 Å². The number of carbonyl (C=O) groups is 1. The third kappa shape index (κ3) is 4.33. The Morgan fingerprint density at radius 2 is 1.87 bits per heavy atom. The summed E-state index contributed by atoms with van der Waals surface area (Å²) in [6.45, 7) is 2.23. The van der Waals surface area contributed by atoms with E-state index < -0.39 is 0 Å². The lowest BCUT2D eigenvalue weighted by atomic mass is 10.1. The molecule has 4 heteroatoms. The van der Waals surface area contributed by atoms with E-state index in [1.807, 2.05) is 14.1 Å². The molecule has 0 saturated heterocycles. The van der Waals surface area contributed by atoms with Crippen molar-refractivity contribution in [2.45, 2.75) is 13.3 Å². The van der Waals surface area contributed by atoms with Gasteiger partial charge >= 0.3 is 0 Å². The van der Waals surface area contributed by atoms with Gasteiger partial charge in [-0.1, -0.05) is 12.1 Å². The van der Waals surface area contributed by atoms with Crippen molar-refractivity contribution in [3.8, 4) is 6.07 Å². The molecule has 23 heavy (non-hydrogen) atoms. The number of hydrogen-bond donors (Lipinski definition) is 1. The summed E-state index contributed by atoms with van der Waals surface area (Å²) in [5, 5.41) is 12.4. The predicted octanol–water partition coefficient (Wildman–Crippen LogP) is 3.48. The fourth-order valence-electron chi connectivity index (χ4n) is 2.31. The van der Waals surface area contributed by atoms with Crippen molar-refractivity contribution in [2.75, 3.05) is 30.9 Å². The van der Waals surface area contributed by atoms with Gasteiger partial charge in [0.1, 0.15) is 6.07 Å². The molecule has 0 saturated carbocycles. The molecule has 0 aliphatic rings. The number of ketones is 1. The van der Waals surface area contributed by atoms with Crippen molar-refractivity contribution in [1.82, 2.24) is 0 Å². The number of carbonyl (C=O) groups excluding carboxylic acids is 1. The molecule has 4 nitrogen and oxygen atoms in total. The van der Waals surface area contributed by atoms with Gasteiger partial charge in [0, 0.05) is 31.9 Å². The Hall–Kier alpha value is -2.80. The minimum atomic E-state index is -0.00295. The summed E-state index contributed by atoms with van der Waals surface area (Å²) in [7, 11) is 4.03. The first-order valence-corrected chi connectivity index (χ1v) is 7.56. The van der Waals surface area contributed by atoms with Crippen LogP contribution >= 0.6 is 0 Å². The maximum Gasteiger partial charge on any atom is 0.159 e. The maximum absolute atomic E-state index is 11.5. The molecule has 2 aromatic rings. The highest BCUT2D eigenvalue weighted by Crippen LogP contribution is 2.18. The smallest absolute Gasteiger partial charge is 0.159 e. The highest BCUT2D eigenvalue weighted by molar-refractivity contribution is 5.95. The lowest BCUT2D eigenvalue weighted by Crippen LogP contribution is -2.09. The average Bonchev–Trinajstić information content (AvgIpc) is 2.55. The molecule has 0 atom stereocenters. The summed E-state index contributed by atoms with van der Waals surface area (Å²) < 4.78 is 0. The molecule has 2 rings (SSSR count). The van der Waals surface area contributed by atoms with Crippen LogP contribution in [0.15, 0.2) is 42.5 Å². The summed E-state index contributed by atoms with van der Waals surface area (Å²) in [5.74, 6) is -0.00295. The van der Waals surface area contributed by atoms with Crippen LogP contribution in [0.2, 0.25) is 0 Å². The van der Waals surface area contributed by atoms with Gasteiger partial charge in [-0.3, -0.25) is 4.79 Å². The molecular weight excluding hydrogens is 286 g/mol. The Balaban J connectivity index is 2.02. The fraction of sp³-hybridized carbons (Fsp3) is 0.263. The van der Waals surface area contributed by atoms with Crippen LogP contribution in [0.25, 0.3) is 0 Å². The quantitative estimate of drug-likeness (QED) is 0.830. The summed E-state index contributed by atoms with van der Waals surface area (Å²) in [6.07, 6.45) is 0.850. The Morgan fingerprint density at radius 1 is 1.17 bits per heavy atom. The molecule has 0 aromatic heterocycles. The topological polar surface area (TPSA) is 56.1 Å². The zero-order valence-electron chi connectivity index (χ0n) is 13.8. The van der Waals surface area contributed by atoms with Crippen LogP contribution in [0, 0.1) is 11.3 Å². The molecule has 0 radical (unpaired) electrons. The van der Waals surface area contributed by atoms with E-state index in [0.29, 0.717) is 23.4 Å². The van der Waals surface area contributed by atoms with Gasteiger partial charge in [-0.2, -0.15) is 5.26 Å². The second-order valence-electron chi connectivity index (χ2n) is 5.67. The Morgan fingerprint density at radius 3 is 2.43 bits per heavy atom. The van der Waals surface area contributed by atoms with Gasteiger partial charge in [0.05, 0.1) is 11.3 Å². The highest BCUT2D eigenvalue weighted by atomic mass is 16.1. The first-order chi connectivity index (χ1) is 11.0. The minimum Gasteiger partial charge on any atom is -0.384 e. The molecular formula is C19H21N3O. The molecule has 118 valence electrons. The second-order valence-corrected chi connectivity index (χ2v) is 5.67. The predicted molar refractivity (Wildman–Crippen MR) is 94.1 cm³/mol. The summed E-state index contributed by atoms with van der Waals surface area (Å²) in [4.78, 5) is 13.5. The molecule has 0 heterocycles. The van der Waals surface area contributed by atoms with E-state index in [2.05, 4.69) is 40.6 Å². The first kappa shape index (κ1) is 16.6. The van der Waals surface area contributed by atoms with Crippen LogP contribution < -0.4 is 10.2 Å². The van der Waals surface area contributed by atoms with Crippen LogP contribution in [-0.2, 0) is 6.42 Å². The maximum atomic E-state index is 11.5. The number of nitrogens with zero attached hydrogens (tertiary/aromatic N) is 2. The second kappa shape index (κ2) is 7.46. The first-order valence-electron chi connectivity index (χ1n) is 7.56. The van der Waals surface area contributed by atoms with Crippen molar-refractivity contribution in [3.05, 3.63) is 59.2 Å². The van der Waals surface area contributed by atoms with Crippen molar-refractivity contribution in [2.24, 2.45) is 0 Å². The van der Waals surface area contributed by atoms with Crippen molar-refractivity contribution in [3.63, 3.8) is 0 Å². The van der Waals surface area contributed by atoms with Crippen LogP contribution in [0.1, 0.15) is 28.4 Å². The van der Waals surface area contributed by atoms with Crippen LogP contribution in [0.3, 0.4) is 0 Å². The molecule has 1 N–H and O–H groups in total. The van der Waals surface area contributed by atoms with E-state index in [1.54, 1.807) is 18.2 Å². The molecule has 0 bridgehead atoms. The SMILES string of the molecule is CC(=O)c1ccc(C#N)c(NCCc2ccc(N(C)C)cc2)c1. The fourth-order valence-corrected chi connectivity index (χ4v) is 2.31. The number of hydrogen-bond acceptors (Lipinski definition) is 4. The van der Waals surface area contributed by atoms with Gasteiger partial charge in [0.25, 0.3) is 0 Å². The van der Waals surface area contributed by atoms with Crippen LogP contribution in [-0.4, -0.2) is 26.4 Å². The van der Waals surface area contributed by atoms with Crippen LogP contribution in [0.4, 0.5) is 11.4 Å². The lowest BCUT2D eigenvalue weighted by molar-refractivity contribution is 0.101. The number of rotatable bonds is 6. The number of anilines is 2. The monoisotopic (exact) mass is 307 g/mol. The van der Waals surface area contributed by atoms with Gasteiger partial charge in [-0.15, -0.1) is 0 Å².